The molecular weight excluding hydrogens is 578 g/mol. The number of ether oxygens (including phenoxy) is 2. The van der Waals surface area contributed by atoms with E-state index in [1.165, 1.54) is 7.11 Å². The molecule has 0 saturated carbocycles. The molecule has 3 aromatic carbocycles. The first-order chi connectivity index (χ1) is 20.2. The number of fused-ring (bicyclic) bond motifs is 1. The van der Waals surface area contributed by atoms with Gasteiger partial charge in [0.05, 0.1) is 13.7 Å². The number of rotatable bonds is 14. The highest BCUT2D eigenvalue weighted by molar-refractivity contribution is 6.00. The van der Waals surface area contributed by atoms with E-state index in [0.717, 1.165) is 16.3 Å². The summed E-state index contributed by atoms with van der Waals surface area (Å²) in [6, 6.07) is 19.2. The molecule has 13 nitrogen and oxygen atoms in total. The van der Waals surface area contributed by atoms with Gasteiger partial charge < -0.3 is 42.2 Å². The number of guanidine groups is 1. The third kappa shape index (κ3) is 11.8. The number of halogens is 1. The quantitative estimate of drug-likeness (QED) is 0.0897. The smallest absolute Gasteiger partial charge is 0.407 e. The number of hydrogen-bond donors (Lipinski definition) is 6. The summed E-state index contributed by atoms with van der Waals surface area (Å²) in [5.41, 5.74) is 12.0. The number of alkyl carbamates (subject to hydrolysis) is 1. The summed E-state index contributed by atoms with van der Waals surface area (Å²) >= 11 is 0. The minimum atomic E-state index is -0.952. The van der Waals surface area contributed by atoms with Crippen LogP contribution >= 0.6 is 12.4 Å². The van der Waals surface area contributed by atoms with Crippen molar-refractivity contribution < 1.29 is 28.7 Å². The van der Waals surface area contributed by atoms with Gasteiger partial charge in [0.2, 0.25) is 17.7 Å². The maximum atomic E-state index is 13.2. The van der Waals surface area contributed by atoms with Crippen molar-refractivity contribution >= 4 is 58.6 Å². The third-order valence-electron chi connectivity index (χ3n) is 5.96. The zero-order valence-electron chi connectivity index (χ0n) is 23.6. The van der Waals surface area contributed by atoms with E-state index in [1.807, 2.05) is 42.5 Å². The van der Waals surface area contributed by atoms with E-state index in [2.05, 4.69) is 26.3 Å². The Morgan fingerprint density at radius 2 is 1.60 bits per heavy atom. The number of nitrogens with zero attached hydrogens (tertiary/aromatic N) is 1. The van der Waals surface area contributed by atoms with Gasteiger partial charge in [-0.2, -0.15) is 0 Å². The molecule has 0 aromatic heterocycles. The van der Waals surface area contributed by atoms with Gasteiger partial charge >= 0.3 is 6.09 Å². The molecule has 0 bridgehead atoms. The predicted octanol–water partition coefficient (Wildman–Crippen LogP) is 1.79. The second kappa shape index (κ2) is 17.7. The number of amides is 4. The largest absolute Gasteiger partial charge is 0.496 e. The van der Waals surface area contributed by atoms with Crippen molar-refractivity contribution in [3.63, 3.8) is 0 Å². The number of anilines is 1. The van der Waals surface area contributed by atoms with Crippen molar-refractivity contribution in [2.75, 3.05) is 32.1 Å². The van der Waals surface area contributed by atoms with Crippen LogP contribution < -0.4 is 37.5 Å². The van der Waals surface area contributed by atoms with Crippen LogP contribution in [0.3, 0.4) is 0 Å². The van der Waals surface area contributed by atoms with Gasteiger partial charge in [-0.05, 0) is 29.9 Å². The summed E-state index contributed by atoms with van der Waals surface area (Å²) in [5, 5.41) is 11.9. The maximum Gasteiger partial charge on any atom is 0.407 e. The molecular formula is C29H36ClN7O6. The van der Waals surface area contributed by atoms with Gasteiger partial charge in [-0.1, -0.05) is 54.6 Å². The number of benzene rings is 3. The number of nitrogens with one attached hydrogen (secondary N) is 4. The molecule has 3 rings (SSSR count). The van der Waals surface area contributed by atoms with E-state index in [0.29, 0.717) is 17.9 Å². The van der Waals surface area contributed by atoms with E-state index < -0.39 is 42.9 Å². The second-order valence-corrected chi connectivity index (χ2v) is 9.15. The number of aliphatic imine (C=N–C) groups is 1. The minimum Gasteiger partial charge on any atom is -0.496 e. The van der Waals surface area contributed by atoms with Crippen molar-refractivity contribution in [1.29, 1.82) is 0 Å². The summed E-state index contributed by atoms with van der Waals surface area (Å²) < 4.78 is 10.5. The van der Waals surface area contributed by atoms with Gasteiger partial charge in [0.15, 0.2) is 5.96 Å². The molecule has 0 aliphatic heterocycles. The molecule has 0 fully saturated rings. The van der Waals surface area contributed by atoms with Gasteiger partial charge in [0.25, 0.3) is 0 Å². The molecule has 4 amide bonds. The summed E-state index contributed by atoms with van der Waals surface area (Å²) in [6.07, 6.45) is -0.151. The molecule has 14 heteroatoms. The van der Waals surface area contributed by atoms with Crippen molar-refractivity contribution in [1.82, 2.24) is 16.0 Å². The first kappa shape index (κ1) is 34.2. The first-order valence-corrected chi connectivity index (χ1v) is 13.2. The molecule has 8 N–H and O–H groups in total. The van der Waals surface area contributed by atoms with Crippen molar-refractivity contribution in [3.8, 4) is 5.75 Å². The third-order valence-corrected chi connectivity index (χ3v) is 5.96. The molecule has 0 aliphatic rings. The minimum absolute atomic E-state index is 0. The Hall–Kier alpha value is -5.04. The second-order valence-electron chi connectivity index (χ2n) is 9.15. The van der Waals surface area contributed by atoms with E-state index in [4.69, 9.17) is 20.9 Å². The fourth-order valence-corrected chi connectivity index (χ4v) is 3.93. The van der Waals surface area contributed by atoms with E-state index in [1.54, 1.807) is 24.3 Å². The fraction of sp³-hybridized carbons (Fsp3) is 0.276. The molecule has 1 atom stereocenters. The van der Waals surface area contributed by atoms with Gasteiger partial charge in [-0.3, -0.25) is 19.4 Å². The summed E-state index contributed by atoms with van der Waals surface area (Å²) in [6.45, 7) is -0.502. The van der Waals surface area contributed by atoms with Crippen molar-refractivity contribution in [2.45, 2.75) is 25.5 Å². The molecule has 43 heavy (non-hydrogen) atoms. The summed E-state index contributed by atoms with van der Waals surface area (Å²) in [5.74, 6) is -1.19. The Bertz CT molecular complexity index is 1420. The topological polar surface area (TPSA) is 199 Å². The number of carbonyl (C=O) groups excluding carboxylic acids is 4. The highest BCUT2D eigenvalue weighted by atomic mass is 35.5. The zero-order chi connectivity index (χ0) is 30.3. The molecule has 0 aliphatic carbocycles. The highest BCUT2D eigenvalue weighted by Gasteiger charge is 2.21. The lowest BCUT2D eigenvalue weighted by Crippen LogP contribution is -2.48. The predicted molar refractivity (Wildman–Crippen MR) is 166 cm³/mol. The Morgan fingerprint density at radius 1 is 0.907 bits per heavy atom. The molecule has 0 spiro atoms. The van der Waals surface area contributed by atoms with Crippen LogP contribution in [0.4, 0.5) is 10.5 Å². The van der Waals surface area contributed by atoms with Crippen LogP contribution in [0.2, 0.25) is 0 Å². The van der Waals surface area contributed by atoms with Crippen LogP contribution in [0.15, 0.2) is 71.7 Å². The molecule has 0 heterocycles. The average Bonchev–Trinajstić information content (AvgIpc) is 2.99. The van der Waals surface area contributed by atoms with Crippen LogP contribution in [0.25, 0.3) is 10.8 Å². The zero-order valence-corrected chi connectivity index (χ0v) is 24.4. The molecule has 230 valence electrons. The average molecular weight is 614 g/mol. The normalized spacial score (nSPS) is 10.8. The lowest BCUT2D eigenvalue weighted by atomic mass is 10.1. The van der Waals surface area contributed by atoms with Crippen LogP contribution in [0, 0.1) is 0 Å². The van der Waals surface area contributed by atoms with Gasteiger partial charge in [-0.25, -0.2) is 4.79 Å². The Labute approximate surface area is 255 Å². The van der Waals surface area contributed by atoms with Crippen LogP contribution in [0.5, 0.6) is 5.75 Å². The summed E-state index contributed by atoms with van der Waals surface area (Å²) in [4.78, 5) is 53.7. The van der Waals surface area contributed by atoms with Crippen LogP contribution in [0.1, 0.15) is 18.4 Å². The van der Waals surface area contributed by atoms with Crippen molar-refractivity contribution in [3.05, 3.63) is 72.3 Å². The number of methoxy groups -OCH3 is 1. The molecule has 0 radical (unpaired) electrons. The first-order valence-electron chi connectivity index (χ1n) is 13.2. The summed E-state index contributed by atoms with van der Waals surface area (Å²) in [7, 11) is 1.54. The highest BCUT2D eigenvalue weighted by Crippen LogP contribution is 2.29. The number of hydrogen-bond acceptors (Lipinski definition) is 7. The van der Waals surface area contributed by atoms with E-state index >= 15 is 0 Å². The maximum absolute atomic E-state index is 13.2. The van der Waals surface area contributed by atoms with Gasteiger partial charge in [-0.15, -0.1) is 12.4 Å². The number of nitrogens with two attached hydrogens (primary N) is 2. The molecule has 1 unspecified atom stereocenters. The van der Waals surface area contributed by atoms with Crippen molar-refractivity contribution in [2.24, 2.45) is 16.5 Å². The monoisotopic (exact) mass is 613 g/mol. The lowest BCUT2D eigenvalue weighted by Gasteiger charge is -2.19. The van der Waals surface area contributed by atoms with E-state index in [-0.39, 0.29) is 37.9 Å². The fourth-order valence-electron chi connectivity index (χ4n) is 3.93. The standard InChI is InChI=1S/C29H35N7O6.ClH/c1-41-24-15-21(14-20-10-5-6-11-22(20)24)35-27(39)23(12-7-13-32-28(30)31)36-26(38)17-33-25(37)16-34-29(40)42-18-19-8-3-2-4-9-19;/h2-6,8-11,14-15,23H,7,12-13,16-18H2,1H3,(H,33,37)(H,34,40)(H,35,39)(H,36,38)(H4,30,31,32);1H. The molecule has 0 saturated heterocycles. The molecule has 3 aromatic rings. The van der Waals surface area contributed by atoms with E-state index in [9.17, 15) is 19.2 Å². The van der Waals surface area contributed by atoms with Gasteiger partial charge in [0, 0.05) is 23.7 Å². The number of carbonyl (C=O) groups is 4. The Kier molecular flexibility index (Phi) is 14.1. The SMILES string of the molecule is COc1cc(NC(=O)C(CCCN=C(N)N)NC(=O)CNC(=O)CNC(=O)OCc2ccccc2)cc2ccccc12.Cl. The van der Waals surface area contributed by atoms with Crippen LogP contribution in [-0.2, 0) is 25.7 Å². The van der Waals surface area contributed by atoms with Crippen LogP contribution in [-0.4, -0.2) is 62.6 Å². The van der Waals surface area contributed by atoms with Gasteiger partial charge in [0.1, 0.15) is 24.9 Å². The lowest BCUT2D eigenvalue weighted by molar-refractivity contribution is -0.128. The Morgan fingerprint density at radius 3 is 2.33 bits per heavy atom. The Balaban J connectivity index is 0.00000645.